The zero-order valence-corrected chi connectivity index (χ0v) is 17.8. The molecule has 0 radical (unpaired) electrons. The summed E-state index contributed by atoms with van der Waals surface area (Å²) < 4.78 is 0. The average molecular weight is 406 g/mol. The van der Waals surface area contributed by atoms with Crippen molar-refractivity contribution >= 4 is 51.1 Å². The van der Waals surface area contributed by atoms with Crippen molar-refractivity contribution in [2.75, 3.05) is 36.0 Å². The zero-order chi connectivity index (χ0) is 19.8. The summed E-state index contributed by atoms with van der Waals surface area (Å²) in [7, 11) is 0. The summed E-state index contributed by atoms with van der Waals surface area (Å²) in [5, 5.41) is 5.68. The number of amides is 1. The van der Waals surface area contributed by atoms with Gasteiger partial charge in [0.05, 0.1) is 5.70 Å². The maximum Gasteiger partial charge on any atom is 0.274 e. The van der Waals surface area contributed by atoms with Gasteiger partial charge in [0.15, 0.2) is 0 Å². The van der Waals surface area contributed by atoms with Gasteiger partial charge in [0.25, 0.3) is 5.91 Å². The summed E-state index contributed by atoms with van der Waals surface area (Å²) in [4.78, 5) is 19.9. The Labute approximate surface area is 176 Å². The molecule has 1 saturated heterocycles. The van der Waals surface area contributed by atoms with Gasteiger partial charge in [-0.15, -0.1) is 0 Å². The second-order valence-corrected chi connectivity index (χ2v) is 9.18. The highest BCUT2D eigenvalue weighted by Gasteiger charge is 2.37. The number of anilines is 1. The smallest absolute Gasteiger partial charge is 0.274 e. The number of benzene rings is 2. The molecule has 1 fully saturated rings. The van der Waals surface area contributed by atoms with Crippen LogP contribution in [0.3, 0.4) is 0 Å². The number of unbranched alkanes of at least 4 members (excludes halogenated alkanes) is 3. The molecular formula is C24H27N3OS. The Morgan fingerprint density at radius 3 is 2.76 bits per heavy atom. The van der Waals surface area contributed by atoms with Crippen molar-refractivity contribution in [1.29, 1.82) is 0 Å². The predicted octanol–water partition coefficient (Wildman–Crippen LogP) is 4.73. The Morgan fingerprint density at radius 2 is 1.93 bits per heavy atom. The molecular weight excluding hydrogens is 378 g/mol. The number of thioether (sulfide) groups is 1. The van der Waals surface area contributed by atoms with Gasteiger partial charge in [0.2, 0.25) is 0 Å². The molecule has 0 saturated carbocycles. The van der Waals surface area contributed by atoms with Crippen molar-refractivity contribution in [1.82, 2.24) is 5.32 Å². The SMILES string of the molecule is CCCCCCN=C1C(=O)NC2=C1c1ccc(N3CCSCC3)c3cccc2c13. The molecule has 1 N–H and O–H groups in total. The van der Waals surface area contributed by atoms with Crippen molar-refractivity contribution in [2.45, 2.75) is 32.6 Å². The van der Waals surface area contributed by atoms with E-state index in [1.165, 1.54) is 47.2 Å². The van der Waals surface area contributed by atoms with Crippen LogP contribution in [0.25, 0.3) is 22.0 Å². The molecule has 5 rings (SSSR count). The summed E-state index contributed by atoms with van der Waals surface area (Å²) in [5.41, 5.74) is 6.20. The molecule has 0 spiro atoms. The van der Waals surface area contributed by atoms with E-state index in [2.05, 4.69) is 47.5 Å². The van der Waals surface area contributed by atoms with Crippen LogP contribution in [0.15, 0.2) is 35.3 Å². The van der Waals surface area contributed by atoms with Gasteiger partial charge in [-0.3, -0.25) is 9.79 Å². The minimum absolute atomic E-state index is 0.0507. The maximum atomic E-state index is 12.7. The van der Waals surface area contributed by atoms with Gasteiger partial charge < -0.3 is 10.2 Å². The molecule has 3 aliphatic rings. The van der Waals surface area contributed by atoms with Gasteiger partial charge in [-0.05, 0) is 18.1 Å². The van der Waals surface area contributed by atoms with Crippen LogP contribution < -0.4 is 10.2 Å². The maximum absolute atomic E-state index is 12.7. The van der Waals surface area contributed by atoms with Crippen molar-refractivity contribution in [3.05, 3.63) is 41.5 Å². The number of hydrogen-bond donors (Lipinski definition) is 1. The largest absolute Gasteiger partial charge is 0.369 e. The topological polar surface area (TPSA) is 44.7 Å². The van der Waals surface area contributed by atoms with Crippen LogP contribution in [0.2, 0.25) is 0 Å². The summed E-state index contributed by atoms with van der Waals surface area (Å²) in [6, 6.07) is 10.9. The average Bonchev–Trinajstić information content (AvgIpc) is 3.24. The first kappa shape index (κ1) is 18.7. The molecule has 5 heteroatoms. The number of nitrogens with zero attached hydrogens (tertiary/aromatic N) is 2. The van der Waals surface area contributed by atoms with Crippen LogP contribution in [0.1, 0.15) is 43.7 Å². The molecule has 2 heterocycles. The molecule has 150 valence electrons. The van der Waals surface area contributed by atoms with Gasteiger partial charge in [0, 0.05) is 58.7 Å². The van der Waals surface area contributed by atoms with Crippen molar-refractivity contribution < 1.29 is 4.79 Å². The predicted molar refractivity (Wildman–Crippen MR) is 125 cm³/mol. The third kappa shape index (κ3) is 3.16. The third-order valence-electron chi connectivity index (χ3n) is 6.13. The van der Waals surface area contributed by atoms with Crippen LogP contribution >= 0.6 is 11.8 Å². The first-order valence-corrected chi connectivity index (χ1v) is 11.9. The molecule has 0 aromatic heterocycles. The number of nitrogens with one attached hydrogen (secondary N) is 1. The minimum atomic E-state index is -0.0507. The van der Waals surface area contributed by atoms with E-state index < -0.39 is 0 Å². The lowest BCUT2D eigenvalue weighted by molar-refractivity contribution is -0.113. The van der Waals surface area contributed by atoms with Crippen LogP contribution in [-0.4, -0.2) is 42.8 Å². The van der Waals surface area contributed by atoms with Crippen LogP contribution in [0.5, 0.6) is 0 Å². The van der Waals surface area contributed by atoms with E-state index in [-0.39, 0.29) is 5.91 Å². The highest BCUT2D eigenvalue weighted by molar-refractivity contribution is 7.99. The molecule has 2 aromatic carbocycles. The normalized spacial score (nSPS) is 19.4. The fourth-order valence-corrected chi connectivity index (χ4v) is 5.60. The van der Waals surface area contributed by atoms with Gasteiger partial charge in [-0.2, -0.15) is 11.8 Å². The number of hydrogen-bond acceptors (Lipinski definition) is 4. The first-order chi connectivity index (χ1) is 14.3. The summed E-state index contributed by atoms with van der Waals surface area (Å²) in [6.07, 6.45) is 4.66. The van der Waals surface area contributed by atoms with Crippen LogP contribution in [-0.2, 0) is 4.79 Å². The molecule has 2 aromatic rings. The molecule has 1 aliphatic carbocycles. The lowest BCUT2D eigenvalue weighted by atomic mass is 9.98. The highest BCUT2D eigenvalue weighted by atomic mass is 32.2. The fourth-order valence-electron chi connectivity index (χ4n) is 4.70. The Morgan fingerprint density at radius 1 is 1.07 bits per heavy atom. The molecule has 29 heavy (non-hydrogen) atoms. The Hall–Kier alpha value is -2.27. The summed E-state index contributed by atoms with van der Waals surface area (Å²) in [6.45, 7) is 5.12. The van der Waals surface area contributed by atoms with E-state index in [9.17, 15) is 4.79 Å². The van der Waals surface area contributed by atoms with E-state index in [0.29, 0.717) is 5.71 Å². The highest BCUT2D eigenvalue weighted by Crippen LogP contribution is 2.46. The summed E-state index contributed by atoms with van der Waals surface area (Å²) >= 11 is 2.03. The van der Waals surface area contributed by atoms with Crippen LogP contribution in [0.4, 0.5) is 5.69 Å². The van der Waals surface area contributed by atoms with E-state index in [1.807, 2.05) is 11.8 Å². The van der Waals surface area contributed by atoms with Crippen molar-refractivity contribution in [3.63, 3.8) is 0 Å². The number of aliphatic imine (C=N–C) groups is 1. The third-order valence-corrected chi connectivity index (χ3v) is 7.07. The van der Waals surface area contributed by atoms with Gasteiger partial charge in [-0.1, -0.05) is 50.5 Å². The number of carbonyl (C=O) groups is 1. The molecule has 0 bridgehead atoms. The quantitative estimate of drug-likeness (QED) is 0.707. The standard InChI is InChI=1S/C24H27N3OS/c1-2-3-4-5-11-25-23-21-17-9-10-19(27-12-14-29-15-13-27)16-7-6-8-18(20(16)17)22(21)26-24(23)28/h6-10H,2-5,11-15H2,1H3,(H,25,26,28). The molecule has 1 amide bonds. The van der Waals surface area contributed by atoms with E-state index in [4.69, 9.17) is 4.99 Å². The lowest BCUT2D eigenvalue weighted by Gasteiger charge is -2.30. The number of carbonyl (C=O) groups excluding carboxylic acids is 1. The molecule has 0 unspecified atom stereocenters. The number of fused-ring (bicyclic) bond motifs is 2. The minimum Gasteiger partial charge on any atom is -0.369 e. The lowest BCUT2D eigenvalue weighted by Crippen LogP contribution is -2.32. The van der Waals surface area contributed by atoms with Gasteiger partial charge >= 0.3 is 0 Å². The Bertz CT molecular complexity index is 1030. The second kappa shape index (κ2) is 7.86. The fraction of sp³-hybridized carbons (Fsp3) is 0.417. The molecule has 4 nitrogen and oxygen atoms in total. The molecule has 2 aliphatic heterocycles. The monoisotopic (exact) mass is 405 g/mol. The van der Waals surface area contributed by atoms with Gasteiger partial charge in [0.1, 0.15) is 5.71 Å². The Kier molecular flexibility index (Phi) is 5.08. The van der Waals surface area contributed by atoms with E-state index >= 15 is 0 Å². The van der Waals surface area contributed by atoms with E-state index in [1.54, 1.807) is 0 Å². The first-order valence-electron chi connectivity index (χ1n) is 10.8. The zero-order valence-electron chi connectivity index (χ0n) is 17.0. The molecule has 0 atom stereocenters. The second-order valence-electron chi connectivity index (χ2n) is 7.95. The van der Waals surface area contributed by atoms with Crippen LogP contribution in [0, 0.1) is 0 Å². The van der Waals surface area contributed by atoms with Gasteiger partial charge in [-0.25, -0.2) is 0 Å². The Balaban J connectivity index is 1.53. The number of rotatable bonds is 6. The van der Waals surface area contributed by atoms with Crippen molar-refractivity contribution in [3.8, 4) is 0 Å². The summed E-state index contributed by atoms with van der Waals surface area (Å²) in [5.74, 6) is 2.32. The van der Waals surface area contributed by atoms with E-state index in [0.717, 1.165) is 48.5 Å². The van der Waals surface area contributed by atoms with Crippen molar-refractivity contribution in [2.24, 2.45) is 4.99 Å².